The van der Waals surface area contributed by atoms with Crippen LogP contribution in [-0.2, 0) is 13.0 Å². The first-order valence-corrected chi connectivity index (χ1v) is 9.14. The second-order valence-corrected chi connectivity index (χ2v) is 6.30. The lowest BCUT2D eigenvalue weighted by Gasteiger charge is -2.08. The second-order valence-electron chi connectivity index (χ2n) is 6.30. The molecule has 146 valence electrons. The Hall–Kier alpha value is -3.35. The van der Waals surface area contributed by atoms with Crippen molar-refractivity contribution in [1.29, 1.82) is 0 Å². The van der Waals surface area contributed by atoms with E-state index in [0.717, 1.165) is 24.2 Å². The van der Waals surface area contributed by atoms with Crippen LogP contribution >= 0.6 is 0 Å². The average molecular weight is 380 g/mol. The van der Waals surface area contributed by atoms with E-state index >= 15 is 0 Å². The van der Waals surface area contributed by atoms with E-state index in [4.69, 9.17) is 9.47 Å². The minimum absolute atomic E-state index is 0.194. The Kier molecular flexibility index (Phi) is 6.62. The fourth-order valence-electron chi connectivity index (χ4n) is 2.91. The minimum atomic E-state index is -0.290. The summed E-state index contributed by atoms with van der Waals surface area (Å²) >= 11 is 0. The summed E-state index contributed by atoms with van der Waals surface area (Å²) in [6.07, 6.45) is 1.65. The third-order valence-corrected chi connectivity index (χ3v) is 4.34. The molecule has 0 spiro atoms. The summed E-state index contributed by atoms with van der Waals surface area (Å²) in [4.78, 5) is 12.5. The molecule has 0 atom stereocenters. The van der Waals surface area contributed by atoms with E-state index in [1.165, 1.54) is 12.7 Å². The fraction of sp³-hybridized carbons (Fsp3) is 0.286. The van der Waals surface area contributed by atoms with Crippen LogP contribution in [-0.4, -0.2) is 41.7 Å². The van der Waals surface area contributed by atoms with Crippen molar-refractivity contribution in [3.05, 3.63) is 71.4 Å². The van der Waals surface area contributed by atoms with Gasteiger partial charge in [-0.15, -0.1) is 5.10 Å². The largest absolute Gasteiger partial charge is 0.497 e. The van der Waals surface area contributed by atoms with Gasteiger partial charge in [-0.3, -0.25) is 4.79 Å². The first-order valence-electron chi connectivity index (χ1n) is 9.14. The number of aromatic nitrogens is 3. The molecule has 0 fully saturated rings. The minimum Gasteiger partial charge on any atom is -0.497 e. The molecule has 1 N–H and O–H groups in total. The Labute approximate surface area is 164 Å². The predicted molar refractivity (Wildman–Crippen MR) is 106 cm³/mol. The number of carbonyl (C=O) groups is 1. The Morgan fingerprint density at radius 3 is 2.57 bits per heavy atom. The zero-order valence-electron chi connectivity index (χ0n) is 16.1. The van der Waals surface area contributed by atoms with Crippen LogP contribution in [0.5, 0.6) is 11.6 Å². The van der Waals surface area contributed by atoms with E-state index in [1.807, 2.05) is 54.6 Å². The molecule has 7 nitrogen and oxygen atoms in total. The van der Waals surface area contributed by atoms with Crippen LogP contribution in [0.25, 0.3) is 0 Å². The van der Waals surface area contributed by atoms with Gasteiger partial charge in [0.1, 0.15) is 5.75 Å². The quantitative estimate of drug-likeness (QED) is 0.578. The maximum absolute atomic E-state index is 12.5. The summed E-state index contributed by atoms with van der Waals surface area (Å²) in [6, 6.07) is 17.7. The lowest BCUT2D eigenvalue weighted by atomic mass is 10.1. The topological polar surface area (TPSA) is 78.3 Å². The number of ether oxygens (including phenoxy) is 2. The Morgan fingerprint density at radius 1 is 1.04 bits per heavy atom. The van der Waals surface area contributed by atoms with Crippen molar-refractivity contribution in [3.8, 4) is 11.6 Å². The second kappa shape index (κ2) is 9.55. The van der Waals surface area contributed by atoms with Crippen LogP contribution in [0.1, 0.15) is 28.0 Å². The van der Waals surface area contributed by atoms with Gasteiger partial charge in [-0.1, -0.05) is 47.7 Å². The van der Waals surface area contributed by atoms with Crippen molar-refractivity contribution in [2.24, 2.45) is 0 Å². The van der Waals surface area contributed by atoms with E-state index < -0.39 is 0 Å². The molecule has 3 aromatic rings. The monoisotopic (exact) mass is 380 g/mol. The molecule has 7 heteroatoms. The standard InChI is InChI=1S/C21H24N4O3/c1-27-18-12-6-10-16(14-18)11-7-13-22-20(26)19-21(28-2)25(24-23-19)15-17-8-4-3-5-9-17/h3-6,8-10,12,14H,7,11,13,15H2,1-2H3,(H,22,26). The molecule has 1 amide bonds. The van der Waals surface area contributed by atoms with Gasteiger partial charge in [-0.2, -0.15) is 0 Å². The van der Waals surface area contributed by atoms with Crippen molar-refractivity contribution in [2.45, 2.75) is 19.4 Å². The van der Waals surface area contributed by atoms with Crippen LogP contribution in [0, 0.1) is 0 Å². The molecule has 1 aromatic heterocycles. The molecule has 28 heavy (non-hydrogen) atoms. The molecule has 0 radical (unpaired) electrons. The van der Waals surface area contributed by atoms with Gasteiger partial charge >= 0.3 is 0 Å². The number of nitrogens with zero attached hydrogens (tertiary/aromatic N) is 3. The molecule has 2 aromatic carbocycles. The summed E-state index contributed by atoms with van der Waals surface area (Å²) in [5.41, 5.74) is 2.41. The van der Waals surface area contributed by atoms with Gasteiger partial charge in [-0.05, 0) is 36.1 Å². The number of hydrogen-bond donors (Lipinski definition) is 1. The van der Waals surface area contributed by atoms with Gasteiger partial charge in [-0.25, -0.2) is 4.68 Å². The molecule has 0 saturated heterocycles. The van der Waals surface area contributed by atoms with Crippen LogP contribution in [0.15, 0.2) is 54.6 Å². The zero-order valence-corrected chi connectivity index (χ0v) is 16.1. The van der Waals surface area contributed by atoms with Crippen molar-refractivity contribution >= 4 is 5.91 Å². The first-order chi connectivity index (χ1) is 13.7. The van der Waals surface area contributed by atoms with Gasteiger partial charge in [0.15, 0.2) is 0 Å². The van der Waals surface area contributed by atoms with Crippen LogP contribution in [0.4, 0.5) is 0 Å². The highest BCUT2D eigenvalue weighted by atomic mass is 16.5. The van der Waals surface area contributed by atoms with E-state index in [9.17, 15) is 4.79 Å². The normalized spacial score (nSPS) is 10.5. The van der Waals surface area contributed by atoms with Crippen molar-refractivity contribution in [2.75, 3.05) is 20.8 Å². The first kappa shape index (κ1) is 19.4. The predicted octanol–water partition coefficient (Wildman–Crippen LogP) is 2.71. The average Bonchev–Trinajstić information content (AvgIpc) is 3.14. The molecular formula is C21H24N4O3. The number of rotatable bonds is 9. The summed E-state index contributed by atoms with van der Waals surface area (Å²) in [5.74, 6) is 0.900. The third kappa shape index (κ3) is 4.88. The maximum atomic E-state index is 12.5. The maximum Gasteiger partial charge on any atom is 0.277 e. The third-order valence-electron chi connectivity index (χ3n) is 4.34. The smallest absolute Gasteiger partial charge is 0.277 e. The van der Waals surface area contributed by atoms with E-state index in [2.05, 4.69) is 15.6 Å². The van der Waals surface area contributed by atoms with Crippen LogP contribution in [0.2, 0.25) is 0 Å². The molecule has 3 rings (SSSR count). The summed E-state index contributed by atoms with van der Waals surface area (Å²) in [7, 11) is 3.16. The Bertz CT molecular complexity index is 909. The number of carbonyl (C=O) groups excluding carboxylic acids is 1. The summed E-state index contributed by atoms with van der Waals surface area (Å²) in [6.45, 7) is 1.02. The summed E-state index contributed by atoms with van der Waals surface area (Å²) in [5, 5.41) is 11.0. The Morgan fingerprint density at radius 2 is 1.82 bits per heavy atom. The number of benzene rings is 2. The van der Waals surface area contributed by atoms with Crippen LogP contribution in [0.3, 0.4) is 0 Å². The van der Waals surface area contributed by atoms with Crippen LogP contribution < -0.4 is 14.8 Å². The number of nitrogens with one attached hydrogen (secondary N) is 1. The fourth-order valence-corrected chi connectivity index (χ4v) is 2.91. The van der Waals surface area contributed by atoms with Crippen molar-refractivity contribution in [1.82, 2.24) is 20.3 Å². The molecular weight excluding hydrogens is 356 g/mol. The van der Waals surface area contributed by atoms with Crippen molar-refractivity contribution < 1.29 is 14.3 Å². The molecule has 0 unspecified atom stereocenters. The molecule has 0 aliphatic carbocycles. The summed E-state index contributed by atoms with van der Waals surface area (Å²) < 4.78 is 12.2. The van der Waals surface area contributed by atoms with Gasteiger partial charge in [0.2, 0.25) is 11.6 Å². The number of aryl methyl sites for hydroxylation is 1. The SMILES string of the molecule is COc1cccc(CCCNC(=O)c2nnn(Cc3ccccc3)c2OC)c1. The lowest BCUT2D eigenvalue weighted by Crippen LogP contribution is -2.25. The van der Waals surface area contributed by atoms with Gasteiger partial charge in [0.05, 0.1) is 20.8 Å². The molecule has 0 saturated carbocycles. The highest BCUT2D eigenvalue weighted by Crippen LogP contribution is 2.17. The lowest BCUT2D eigenvalue weighted by molar-refractivity contribution is 0.0944. The number of methoxy groups -OCH3 is 2. The van der Waals surface area contributed by atoms with Gasteiger partial charge in [0, 0.05) is 6.54 Å². The van der Waals surface area contributed by atoms with E-state index in [0.29, 0.717) is 19.0 Å². The van der Waals surface area contributed by atoms with E-state index in [1.54, 1.807) is 11.8 Å². The number of hydrogen-bond acceptors (Lipinski definition) is 5. The van der Waals surface area contributed by atoms with Crippen molar-refractivity contribution in [3.63, 3.8) is 0 Å². The Balaban J connectivity index is 1.55. The van der Waals surface area contributed by atoms with Gasteiger partial charge < -0.3 is 14.8 Å². The zero-order chi connectivity index (χ0) is 19.8. The highest BCUT2D eigenvalue weighted by molar-refractivity contribution is 5.94. The molecule has 0 bridgehead atoms. The van der Waals surface area contributed by atoms with E-state index in [-0.39, 0.29) is 11.6 Å². The van der Waals surface area contributed by atoms with Gasteiger partial charge in [0.25, 0.3) is 5.91 Å². The molecule has 0 aliphatic heterocycles. The molecule has 0 aliphatic rings. The highest BCUT2D eigenvalue weighted by Gasteiger charge is 2.20. The molecule has 1 heterocycles. The number of amides is 1.